The van der Waals surface area contributed by atoms with Gasteiger partial charge in [-0.25, -0.2) is 8.78 Å². The second-order valence-electron chi connectivity index (χ2n) is 5.01. The molecular formula is C16H12ClF5N2O. The number of para-hydroxylation sites is 1. The Kier molecular flexibility index (Phi) is 5.84. The molecule has 0 bridgehead atoms. The Balaban J connectivity index is 1.96. The number of nitrogens with one attached hydrogen (secondary N) is 2. The third-order valence-electron chi connectivity index (χ3n) is 3.19. The van der Waals surface area contributed by atoms with Gasteiger partial charge in [0.25, 0.3) is 0 Å². The van der Waals surface area contributed by atoms with Crippen molar-refractivity contribution in [2.75, 3.05) is 17.2 Å². The molecule has 2 aromatic carbocycles. The third-order valence-corrected chi connectivity index (χ3v) is 3.52. The van der Waals surface area contributed by atoms with Gasteiger partial charge in [-0.3, -0.25) is 4.79 Å². The first-order valence-corrected chi connectivity index (χ1v) is 7.41. The number of hydrogen-bond acceptors (Lipinski definition) is 2. The van der Waals surface area contributed by atoms with Gasteiger partial charge in [-0.2, -0.15) is 13.2 Å². The zero-order valence-corrected chi connectivity index (χ0v) is 13.3. The van der Waals surface area contributed by atoms with Crippen LogP contribution in [0.3, 0.4) is 0 Å². The van der Waals surface area contributed by atoms with Crippen LogP contribution >= 0.6 is 11.6 Å². The number of anilines is 2. The fraction of sp³-hybridized carbons (Fsp3) is 0.188. The minimum absolute atomic E-state index is 0.00126. The summed E-state index contributed by atoms with van der Waals surface area (Å²) in [7, 11) is 0. The normalized spacial score (nSPS) is 11.3. The molecule has 2 aromatic rings. The number of alkyl halides is 3. The fourth-order valence-electron chi connectivity index (χ4n) is 1.97. The summed E-state index contributed by atoms with van der Waals surface area (Å²) < 4.78 is 64.8. The maximum atomic E-state index is 13.4. The van der Waals surface area contributed by atoms with Gasteiger partial charge >= 0.3 is 6.18 Å². The molecule has 0 aliphatic carbocycles. The van der Waals surface area contributed by atoms with Crippen LogP contribution in [0.5, 0.6) is 0 Å². The van der Waals surface area contributed by atoms with Gasteiger partial charge in [-0.05, 0) is 30.3 Å². The largest absolute Gasteiger partial charge is 0.416 e. The van der Waals surface area contributed by atoms with Gasteiger partial charge in [-0.1, -0.05) is 17.7 Å². The van der Waals surface area contributed by atoms with E-state index in [0.29, 0.717) is 0 Å². The highest BCUT2D eigenvalue weighted by Crippen LogP contribution is 2.33. The van der Waals surface area contributed by atoms with E-state index < -0.39 is 35.0 Å². The molecule has 9 heteroatoms. The fourth-order valence-corrected chi connectivity index (χ4v) is 2.15. The SMILES string of the molecule is O=C(CCNc1cc(C(F)(F)F)ccc1Cl)Nc1c(F)cccc1F. The average molecular weight is 379 g/mol. The lowest BCUT2D eigenvalue weighted by atomic mass is 10.2. The van der Waals surface area contributed by atoms with Crippen molar-refractivity contribution in [3.05, 3.63) is 58.6 Å². The molecule has 0 saturated heterocycles. The molecule has 0 radical (unpaired) electrons. The van der Waals surface area contributed by atoms with Crippen LogP contribution in [0.15, 0.2) is 36.4 Å². The van der Waals surface area contributed by atoms with Crippen LogP contribution in [-0.4, -0.2) is 12.5 Å². The number of hydrogen-bond donors (Lipinski definition) is 2. The minimum atomic E-state index is -4.53. The Morgan fingerprint density at radius 2 is 1.72 bits per heavy atom. The first-order valence-electron chi connectivity index (χ1n) is 7.03. The van der Waals surface area contributed by atoms with Gasteiger partial charge < -0.3 is 10.6 Å². The predicted octanol–water partition coefficient (Wildman–Crippen LogP) is 5.08. The Morgan fingerprint density at radius 3 is 2.32 bits per heavy atom. The molecule has 0 heterocycles. The van der Waals surface area contributed by atoms with Crippen LogP contribution in [0.1, 0.15) is 12.0 Å². The van der Waals surface area contributed by atoms with Gasteiger partial charge in [0.15, 0.2) is 0 Å². The van der Waals surface area contributed by atoms with Crippen LogP contribution in [0.25, 0.3) is 0 Å². The molecule has 0 atom stereocenters. The highest BCUT2D eigenvalue weighted by atomic mass is 35.5. The van der Waals surface area contributed by atoms with E-state index in [4.69, 9.17) is 11.6 Å². The van der Waals surface area contributed by atoms with E-state index in [1.807, 2.05) is 0 Å². The average Bonchev–Trinajstić information content (AvgIpc) is 2.52. The maximum Gasteiger partial charge on any atom is 0.416 e. The van der Waals surface area contributed by atoms with Crippen molar-refractivity contribution in [3.8, 4) is 0 Å². The monoisotopic (exact) mass is 378 g/mol. The van der Waals surface area contributed by atoms with Crippen LogP contribution in [0.4, 0.5) is 33.3 Å². The molecule has 0 unspecified atom stereocenters. The number of amides is 1. The summed E-state index contributed by atoms with van der Waals surface area (Å²) in [5.74, 6) is -2.57. The van der Waals surface area contributed by atoms with Crippen LogP contribution < -0.4 is 10.6 Å². The van der Waals surface area contributed by atoms with E-state index in [1.165, 1.54) is 0 Å². The zero-order chi connectivity index (χ0) is 18.6. The van der Waals surface area contributed by atoms with E-state index >= 15 is 0 Å². The van der Waals surface area contributed by atoms with Crippen LogP contribution in [0, 0.1) is 11.6 Å². The Morgan fingerprint density at radius 1 is 1.08 bits per heavy atom. The number of halogens is 6. The minimum Gasteiger partial charge on any atom is -0.383 e. The highest BCUT2D eigenvalue weighted by molar-refractivity contribution is 6.33. The molecule has 0 aliphatic rings. The number of benzene rings is 2. The summed E-state index contributed by atoms with van der Waals surface area (Å²) >= 11 is 5.80. The van der Waals surface area contributed by atoms with Gasteiger partial charge in [0.2, 0.25) is 5.91 Å². The molecular weight excluding hydrogens is 367 g/mol. The van der Waals surface area contributed by atoms with E-state index in [-0.39, 0.29) is 23.7 Å². The van der Waals surface area contributed by atoms with Crippen molar-refractivity contribution in [3.63, 3.8) is 0 Å². The van der Waals surface area contributed by atoms with Crippen molar-refractivity contribution in [2.45, 2.75) is 12.6 Å². The molecule has 25 heavy (non-hydrogen) atoms. The van der Waals surface area contributed by atoms with Crippen molar-refractivity contribution in [2.24, 2.45) is 0 Å². The molecule has 0 aliphatic heterocycles. The summed E-state index contributed by atoms with van der Waals surface area (Å²) in [6.07, 6.45) is -4.76. The Hall–Kier alpha value is -2.35. The topological polar surface area (TPSA) is 41.1 Å². The number of carbonyl (C=O) groups is 1. The van der Waals surface area contributed by atoms with Crippen molar-refractivity contribution >= 4 is 28.9 Å². The molecule has 0 spiro atoms. The third kappa shape index (κ3) is 5.06. The van der Waals surface area contributed by atoms with E-state index in [0.717, 1.165) is 36.4 Å². The molecule has 3 nitrogen and oxygen atoms in total. The molecule has 2 rings (SSSR count). The van der Waals surface area contributed by atoms with Crippen molar-refractivity contribution in [1.82, 2.24) is 0 Å². The lowest BCUT2D eigenvalue weighted by Gasteiger charge is -2.12. The summed E-state index contributed by atoms with van der Waals surface area (Å²) in [6.45, 7) is -0.0804. The first-order chi connectivity index (χ1) is 11.7. The summed E-state index contributed by atoms with van der Waals surface area (Å²) in [6, 6.07) is 5.86. The standard InChI is InChI=1S/C16H12ClF5N2O/c17-10-5-4-9(16(20,21)22)8-13(10)23-7-6-14(25)24-15-11(18)2-1-3-12(15)19/h1-5,8,23H,6-7H2,(H,24,25). The van der Waals surface area contributed by atoms with Gasteiger partial charge in [-0.15, -0.1) is 0 Å². The smallest absolute Gasteiger partial charge is 0.383 e. The molecule has 0 saturated carbocycles. The van der Waals surface area contributed by atoms with Gasteiger partial charge in [0.1, 0.15) is 17.3 Å². The van der Waals surface area contributed by atoms with E-state index in [1.54, 1.807) is 0 Å². The maximum absolute atomic E-state index is 13.4. The number of rotatable bonds is 5. The highest BCUT2D eigenvalue weighted by Gasteiger charge is 2.30. The summed E-state index contributed by atoms with van der Waals surface area (Å²) in [5, 5.41) is 4.71. The van der Waals surface area contributed by atoms with Crippen molar-refractivity contribution in [1.29, 1.82) is 0 Å². The first kappa shape index (κ1) is 19.0. The molecule has 0 aromatic heterocycles. The van der Waals surface area contributed by atoms with E-state index in [9.17, 15) is 26.7 Å². The quantitative estimate of drug-likeness (QED) is 0.712. The second-order valence-corrected chi connectivity index (χ2v) is 5.42. The van der Waals surface area contributed by atoms with E-state index in [2.05, 4.69) is 10.6 Å². The molecule has 0 fully saturated rings. The van der Waals surface area contributed by atoms with Crippen molar-refractivity contribution < 1.29 is 26.7 Å². The Bertz CT molecular complexity index is 759. The Labute approximate surface area is 144 Å². The predicted molar refractivity (Wildman–Crippen MR) is 84.5 cm³/mol. The van der Waals surface area contributed by atoms with Crippen LogP contribution in [-0.2, 0) is 11.0 Å². The lowest BCUT2D eigenvalue weighted by Crippen LogP contribution is -2.18. The molecule has 2 N–H and O–H groups in total. The summed E-state index contributed by atoms with van der Waals surface area (Å²) in [4.78, 5) is 11.7. The lowest BCUT2D eigenvalue weighted by molar-refractivity contribution is -0.137. The number of carbonyl (C=O) groups excluding carboxylic acids is 1. The van der Waals surface area contributed by atoms with Gasteiger partial charge in [0, 0.05) is 13.0 Å². The molecule has 1 amide bonds. The zero-order valence-electron chi connectivity index (χ0n) is 12.6. The molecule has 134 valence electrons. The second kappa shape index (κ2) is 7.69. The summed E-state index contributed by atoms with van der Waals surface area (Å²) in [5.41, 5.74) is -1.47. The van der Waals surface area contributed by atoms with Crippen LogP contribution in [0.2, 0.25) is 5.02 Å². The van der Waals surface area contributed by atoms with Gasteiger partial charge in [0.05, 0.1) is 16.3 Å².